The zero-order chi connectivity index (χ0) is 54.2. The molecule has 22 nitrogen and oxygen atoms in total. The number of nitrogens with one attached hydrogen (secondary N) is 6. The molecule has 1 aliphatic heterocycles. The number of amides is 8. The summed E-state index contributed by atoms with van der Waals surface area (Å²) in [6.07, 6.45) is 1.68. The Morgan fingerprint density at radius 1 is 0.931 bits per heavy atom. The molecule has 1 fully saturated rings. The molecule has 8 amide bonds. The third-order valence-corrected chi connectivity index (χ3v) is 14.4. The highest BCUT2D eigenvalue weighted by Crippen LogP contribution is 2.31. The lowest BCUT2D eigenvalue weighted by molar-refractivity contribution is -0.149. The van der Waals surface area contributed by atoms with Crippen LogP contribution in [0.4, 0.5) is 15.3 Å². The van der Waals surface area contributed by atoms with E-state index in [0.717, 1.165) is 42.9 Å². The van der Waals surface area contributed by atoms with Crippen LogP contribution in [0, 0.1) is 17.8 Å². The predicted octanol–water partition coefficient (Wildman–Crippen LogP) is 4.18. The normalized spacial score (nSPS) is 16.7. The highest BCUT2D eigenvalue weighted by atomic mass is 32.2. The molecule has 0 saturated carbocycles. The Morgan fingerprint density at radius 2 is 1.58 bits per heavy atom. The van der Waals surface area contributed by atoms with E-state index in [2.05, 4.69) is 31.6 Å². The number of nitrogens with two attached hydrogens (primary N) is 1. The number of carbonyl (C=O) groups is 8. The molecule has 2 heterocycles. The molecule has 0 spiro atoms. The highest BCUT2D eigenvalue weighted by molar-refractivity contribution is 7.90. The number of rotatable bonds is 24. The molecular formula is C48H76N10O12S2. The fraction of sp³-hybridized carbons (Fsp3) is 0.646. The van der Waals surface area contributed by atoms with Crippen LogP contribution in [0.3, 0.4) is 0 Å². The lowest BCUT2D eigenvalue weighted by Gasteiger charge is -2.38. The maximum absolute atomic E-state index is 14.3. The first-order valence-electron chi connectivity index (χ1n) is 24.3. The first kappa shape index (κ1) is 60.4. The van der Waals surface area contributed by atoms with Crippen LogP contribution in [-0.4, -0.2) is 134 Å². The van der Waals surface area contributed by atoms with Crippen molar-refractivity contribution in [3.63, 3.8) is 0 Å². The number of ether oxygens (including phenoxy) is 2. The van der Waals surface area contributed by atoms with Gasteiger partial charge in [0.1, 0.15) is 34.4 Å². The minimum absolute atomic E-state index is 0.0287. The molecule has 8 N–H and O–H groups in total. The molecule has 72 heavy (non-hydrogen) atoms. The fourth-order valence-electron chi connectivity index (χ4n) is 7.96. The van der Waals surface area contributed by atoms with E-state index >= 15 is 0 Å². The summed E-state index contributed by atoms with van der Waals surface area (Å²) in [4.78, 5) is 112. The van der Waals surface area contributed by atoms with Crippen molar-refractivity contribution in [1.29, 1.82) is 0 Å². The van der Waals surface area contributed by atoms with Crippen LogP contribution in [0.1, 0.15) is 136 Å². The lowest BCUT2D eigenvalue weighted by Crippen LogP contribution is -2.58. The van der Waals surface area contributed by atoms with Gasteiger partial charge in [0.2, 0.25) is 23.6 Å². The summed E-state index contributed by atoms with van der Waals surface area (Å²) < 4.78 is 40.0. The summed E-state index contributed by atoms with van der Waals surface area (Å²) >= 11 is 0.967. The van der Waals surface area contributed by atoms with E-state index in [-0.39, 0.29) is 76.8 Å². The van der Waals surface area contributed by atoms with Crippen LogP contribution in [0.25, 0.3) is 0 Å². The number of urea groups is 1. The maximum atomic E-state index is 14.3. The summed E-state index contributed by atoms with van der Waals surface area (Å²) in [6, 6.07) is 0.105. The molecule has 0 bridgehead atoms. The molecule has 7 atom stereocenters. The number of hydrogen-bond acceptors (Lipinski definition) is 15. The van der Waals surface area contributed by atoms with Crippen molar-refractivity contribution < 1.29 is 56.2 Å². The Balaban J connectivity index is 1.77. The molecule has 1 saturated heterocycles. The molecule has 24 heteroatoms. The first-order valence-corrected chi connectivity index (χ1v) is 26.6. The minimum Gasteiger partial charge on any atom is -0.455 e. The zero-order valence-corrected chi connectivity index (χ0v) is 45.2. The van der Waals surface area contributed by atoms with E-state index in [0.29, 0.717) is 12.8 Å². The Hall–Kier alpha value is -5.88. The van der Waals surface area contributed by atoms with Gasteiger partial charge in [0.25, 0.3) is 15.9 Å². The van der Waals surface area contributed by atoms with Crippen LogP contribution in [-0.2, 0) is 43.5 Å². The van der Waals surface area contributed by atoms with Crippen molar-refractivity contribution in [1.82, 2.24) is 40.8 Å². The number of primary amides is 1. The Bertz CT molecular complexity index is 2320. The lowest BCUT2D eigenvalue weighted by atomic mass is 9.92. The second-order valence-electron chi connectivity index (χ2n) is 19.8. The van der Waals surface area contributed by atoms with Gasteiger partial charge in [-0.3, -0.25) is 33.7 Å². The van der Waals surface area contributed by atoms with Gasteiger partial charge in [-0.1, -0.05) is 54.4 Å². The van der Waals surface area contributed by atoms with Crippen molar-refractivity contribution in [3.05, 3.63) is 40.3 Å². The van der Waals surface area contributed by atoms with E-state index in [1.54, 1.807) is 46.6 Å². The minimum atomic E-state index is -4.52. The van der Waals surface area contributed by atoms with E-state index in [4.69, 9.17) is 15.2 Å². The SMILES string of the molecule is CC[C@H](C)[C@H](NC(=O)[C@H]1CCCCN1C)C(=O)N(C)[C@H](C[C@@H](OC(C)=O)c1nc(C(=O)NS(=O)(=O)c2ccc(NC(=O)[C@H](CCCNC(N)=O)NC(=O)[C@@H](NC(=O)OC(C)(C)C)C(C)C)cc2)cs1)C(C)C. The number of likely N-dealkylation sites (tertiary alicyclic amines) is 1. The number of carbonyl (C=O) groups excluding carboxylic acids is 8. The van der Waals surface area contributed by atoms with Gasteiger partial charge in [0.15, 0.2) is 6.10 Å². The number of anilines is 1. The summed E-state index contributed by atoms with van der Waals surface area (Å²) in [5.41, 5.74) is 4.18. The average Bonchev–Trinajstić information content (AvgIpc) is 3.79. The van der Waals surface area contributed by atoms with E-state index in [1.807, 2.05) is 44.4 Å². The molecule has 1 aromatic heterocycles. The summed E-state index contributed by atoms with van der Waals surface area (Å²) in [6.45, 7) is 18.1. The van der Waals surface area contributed by atoms with Crippen molar-refractivity contribution in [2.24, 2.45) is 23.5 Å². The van der Waals surface area contributed by atoms with Gasteiger partial charge in [-0.25, -0.2) is 27.7 Å². The highest BCUT2D eigenvalue weighted by Gasteiger charge is 2.38. The van der Waals surface area contributed by atoms with Gasteiger partial charge in [-0.05, 0) is 102 Å². The summed E-state index contributed by atoms with van der Waals surface area (Å²) in [7, 11) is -0.978. The third-order valence-electron chi connectivity index (χ3n) is 12.1. The molecule has 0 radical (unpaired) electrons. The number of esters is 1. The van der Waals surface area contributed by atoms with Gasteiger partial charge in [-0.2, -0.15) is 0 Å². The number of alkyl carbamates (subject to hydrolysis) is 1. The van der Waals surface area contributed by atoms with Crippen LogP contribution >= 0.6 is 11.3 Å². The monoisotopic (exact) mass is 1050 g/mol. The second-order valence-corrected chi connectivity index (χ2v) is 22.4. The van der Waals surface area contributed by atoms with E-state index in [1.165, 1.54) is 24.4 Å². The zero-order valence-electron chi connectivity index (χ0n) is 43.6. The Kier molecular flexibility index (Phi) is 22.9. The number of hydrogen-bond donors (Lipinski definition) is 7. The van der Waals surface area contributed by atoms with Crippen molar-refractivity contribution in [2.75, 3.05) is 32.5 Å². The molecule has 402 valence electrons. The summed E-state index contributed by atoms with van der Waals surface area (Å²) in [5.74, 6) is -4.39. The van der Waals surface area contributed by atoms with Gasteiger partial charge >= 0.3 is 18.1 Å². The number of sulfonamides is 1. The number of thiazole rings is 1. The fourth-order valence-corrected chi connectivity index (χ4v) is 9.76. The smallest absolute Gasteiger partial charge is 0.408 e. The molecule has 3 rings (SSSR count). The van der Waals surface area contributed by atoms with Gasteiger partial charge in [-0.15, -0.1) is 11.3 Å². The van der Waals surface area contributed by atoms with Crippen LogP contribution in [0.2, 0.25) is 0 Å². The molecule has 1 aliphatic rings. The topological polar surface area (TPSA) is 307 Å². The molecule has 2 aromatic rings. The van der Waals surface area contributed by atoms with Gasteiger partial charge in [0.05, 0.1) is 10.9 Å². The van der Waals surface area contributed by atoms with Crippen LogP contribution < -0.4 is 37.0 Å². The first-order chi connectivity index (χ1) is 33.5. The summed E-state index contributed by atoms with van der Waals surface area (Å²) in [5, 5.41) is 14.8. The largest absolute Gasteiger partial charge is 0.455 e. The second kappa shape index (κ2) is 27.3. The molecule has 0 unspecified atom stereocenters. The molecule has 1 aromatic carbocycles. The van der Waals surface area contributed by atoms with Gasteiger partial charge in [0, 0.05) is 44.0 Å². The van der Waals surface area contributed by atoms with Crippen LogP contribution in [0.15, 0.2) is 34.5 Å². The quantitative estimate of drug-likeness (QED) is 0.0574. The van der Waals surface area contributed by atoms with Crippen molar-refractivity contribution >= 4 is 74.7 Å². The van der Waals surface area contributed by atoms with Crippen molar-refractivity contribution in [3.8, 4) is 0 Å². The number of likely N-dealkylation sites (N-methyl/N-ethyl adjacent to an activating group) is 2. The maximum Gasteiger partial charge on any atom is 0.408 e. The number of benzene rings is 1. The Morgan fingerprint density at radius 3 is 2.14 bits per heavy atom. The van der Waals surface area contributed by atoms with Crippen molar-refractivity contribution in [2.45, 2.75) is 161 Å². The van der Waals surface area contributed by atoms with E-state index < -0.39 is 87.6 Å². The standard InChI is InChI=1S/C48H76N10O12S2/c1-13-29(6)39(54-42(62)35-18-14-15-24-57(35)11)45(64)58(12)36(27(2)3)25-37(69-30(7)59)44-53-34(26-71-44)41(61)56-72(67,68)32-21-19-31(20-22-32)51-40(60)33(17-16-23-50-46(49)65)52-43(63)38(28(4)5)55-47(66)70-48(8,9)10/h19-22,26-29,33,35-39H,13-18,23-25H2,1-12H3,(H,51,60)(H,52,63)(H,54,62)(H,55,66)(H,56,61)(H3,49,50,65)/t29-,33-,35+,36+,37+,38-,39-/m0/s1. The van der Waals surface area contributed by atoms with E-state index in [9.17, 15) is 46.8 Å². The number of aromatic nitrogens is 1. The third kappa shape index (κ3) is 18.6. The predicted molar refractivity (Wildman–Crippen MR) is 271 cm³/mol. The molecule has 0 aliphatic carbocycles. The number of piperidine rings is 1. The number of nitrogens with zero attached hydrogens (tertiary/aromatic N) is 3. The van der Waals surface area contributed by atoms with Crippen LogP contribution in [0.5, 0.6) is 0 Å². The average molecular weight is 1050 g/mol. The Labute approximate surface area is 427 Å². The molecular weight excluding hydrogens is 973 g/mol. The van der Waals surface area contributed by atoms with Gasteiger partial charge < -0.3 is 46.7 Å².